The van der Waals surface area contributed by atoms with Crippen molar-refractivity contribution in [3.63, 3.8) is 0 Å². The second kappa shape index (κ2) is 4.56. The van der Waals surface area contributed by atoms with Gasteiger partial charge in [0.15, 0.2) is 6.29 Å². The van der Waals surface area contributed by atoms with Crippen LogP contribution in [0, 0.1) is 0 Å². The van der Waals surface area contributed by atoms with E-state index in [-0.39, 0.29) is 17.7 Å². The molecular formula is C10H11NO4. The minimum absolute atomic E-state index is 0.121. The molecule has 5 heteroatoms. The lowest BCUT2D eigenvalue weighted by atomic mass is 10.0. The summed E-state index contributed by atoms with van der Waals surface area (Å²) in [6.45, 7) is 0. The second-order valence-electron chi connectivity index (χ2n) is 3.16. The molecule has 4 N–H and O–H groups in total. The predicted molar refractivity (Wildman–Crippen MR) is 52.8 cm³/mol. The molecule has 1 aromatic carbocycles. The number of carbonyl (C=O) groups is 2. The van der Waals surface area contributed by atoms with Crippen molar-refractivity contribution in [1.82, 2.24) is 0 Å². The van der Waals surface area contributed by atoms with Crippen LogP contribution < -0.4 is 5.73 Å². The van der Waals surface area contributed by atoms with Crippen molar-refractivity contribution in [2.24, 2.45) is 5.73 Å². The van der Waals surface area contributed by atoms with E-state index >= 15 is 0 Å². The number of carbonyl (C=O) groups excluding carboxylic acids is 1. The van der Waals surface area contributed by atoms with Gasteiger partial charge in [-0.3, -0.25) is 9.59 Å². The molecule has 0 aliphatic carbocycles. The number of aromatic hydroxyl groups is 1. The van der Waals surface area contributed by atoms with Crippen LogP contribution in [0.15, 0.2) is 18.2 Å². The topological polar surface area (TPSA) is 101 Å². The summed E-state index contributed by atoms with van der Waals surface area (Å²) in [6.07, 6.45) is 0.627. The Balaban J connectivity index is 2.87. The first-order chi connectivity index (χ1) is 7.04. The quantitative estimate of drug-likeness (QED) is 0.613. The molecule has 5 nitrogen and oxygen atoms in total. The molecule has 0 bridgehead atoms. The standard InChI is InChI=1S/C10H11NO4/c11-8(10(14)15)4-6-1-2-9(13)7(3-6)5-12/h1-3,5,8,13H,4,11H2,(H,14,15)/t8-/m1/s1. The molecule has 80 valence electrons. The van der Waals surface area contributed by atoms with Crippen LogP contribution in [0.5, 0.6) is 5.75 Å². The number of aldehydes is 1. The largest absolute Gasteiger partial charge is 0.507 e. The van der Waals surface area contributed by atoms with Gasteiger partial charge in [0.25, 0.3) is 0 Å². The molecule has 15 heavy (non-hydrogen) atoms. The highest BCUT2D eigenvalue weighted by atomic mass is 16.4. The summed E-state index contributed by atoms with van der Waals surface area (Å²) in [6, 6.07) is 3.29. The Kier molecular flexibility index (Phi) is 3.41. The first-order valence-electron chi connectivity index (χ1n) is 4.30. The fourth-order valence-corrected chi connectivity index (χ4v) is 1.17. The van der Waals surface area contributed by atoms with Crippen LogP contribution in [0.1, 0.15) is 15.9 Å². The summed E-state index contributed by atoms with van der Waals surface area (Å²) in [4.78, 5) is 21.0. The smallest absolute Gasteiger partial charge is 0.320 e. The van der Waals surface area contributed by atoms with Gasteiger partial charge in [0, 0.05) is 0 Å². The third-order valence-electron chi connectivity index (χ3n) is 1.99. The van der Waals surface area contributed by atoms with E-state index in [1.807, 2.05) is 0 Å². The van der Waals surface area contributed by atoms with Crippen molar-refractivity contribution in [2.75, 3.05) is 0 Å². The first kappa shape index (κ1) is 11.2. The van der Waals surface area contributed by atoms with Crippen LogP contribution in [0.25, 0.3) is 0 Å². The van der Waals surface area contributed by atoms with Gasteiger partial charge < -0.3 is 15.9 Å². The number of aliphatic carboxylic acids is 1. The lowest BCUT2D eigenvalue weighted by Gasteiger charge is -2.07. The number of carboxylic acids is 1. The van der Waals surface area contributed by atoms with Gasteiger partial charge in [0.1, 0.15) is 11.8 Å². The van der Waals surface area contributed by atoms with E-state index in [9.17, 15) is 14.7 Å². The minimum atomic E-state index is -1.10. The summed E-state index contributed by atoms with van der Waals surface area (Å²) < 4.78 is 0. The maximum atomic E-state index is 10.5. The third-order valence-corrected chi connectivity index (χ3v) is 1.99. The van der Waals surface area contributed by atoms with Crippen molar-refractivity contribution < 1.29 is 19.8 Å². The minimum Gasteiger partial charge on any atom is -0.507 e. The lowest BCUT2D eigenvalue weighted by molar-refractivity contribution is -0.138. The van der Waals surface area contributed by atoms with Crippen molar-refractivity contribution in [2.45, 2.75) is 12.5 Å². The molecule has 0 aliphatic heterocycles. The fourth-order valence-electron chi connectivity index (χ4n) is 1.17. The zero-order valence-electron chi connectivity index (χ0n) is 7.88. The Morgan fingerprint density at radius 3 is 2.73 bits per heavy atom. The SMILES string of the molecule is N[C@H](Cc1ccc(O)c(C=O)c1)C(=O)O. The molecule has 0 radical (unpaired) electrons. The maximum Gasteiger partial charge on any atom is 0.320 e. The van der Waals surface area contributed by atoms with E-state index < -0.39 is 12.0 Å². The molecule has 0 heterocycles. The Morgan fingerprint density at radius 1 is 1.53 bits per heavy atom. The van der Waals surface area contributed by atoms with Crippen molar-refractivity contribution in [1.29, 1.82) is 0 Å². The van der Waals surface area contributed by atoms with Gasteiger partial charge in [-0.05, 0) is 24.1 Å². The zero-order chi connectivity index (χ0) is 11.4. The van der Waals surface area contributed by atoms with E-state index in [0.717, 1.165) is 0 Å². The number of hydrogen-bond donors (Lipinski definition) is 3. The Labute approximate surface area is 86.1 Å². The molecule has 0 fully saturated rings. The number of phenols is 1. The maximum absolute atomic E-state index is 10.5. The number of rotatable bonds is 4. The molecule has 0 saturated heterocycles. The Hall–Kier alpha value is -1.88. The number of phenolic OH excluding ortho intramolecular Hbond substituents is 1. The Bertz CT molecular complexity index is 389. The van der Waals surface area contributed by atoms with Crippen LogP contribution in [0.4, 0.5) is 0 Å². The molecule has 0 aliphatic rings. The predicted octanol–water partition coefficient (Wildman–Crippen LogP) is 0.159. The van der Waals surface area contributed by atoms with Crippen molar-refractivity contribution in [3.05, 3.63) is 29.3 Å². The molecule has 1 aromatic rings. The van der Waals surface area contributed by atoms with E-state index in [1.54, 1.807) is 0 Å². The molecule has 0 amide bonds. The number of benzene rings is 1. The van der Waals surface area contributed by atoms with E-state index in [1.165, 1.54) is 18.2 Å². The van der Waals surface area contributed by atoms with Crippen LogP contribution >= 0.6 is 0 Å². The average molecular weight is 209 g/mol. The normalized spacial score (nSPS) is 12.1. The molecule has 1 rings (SSSR count). The van der Waals surface area contributed by atoms with Crippen LogP contribution in [-0.2, 0) is 11.2 Å². The van der Waals surface area contributed by atoms with E-state index in [4.69, 9.17) is 10.8 Å². The molecule has 1 atom stereocenters. The van der Waals surface area contributed by atoms with E-state index in [2.05, 4.69) is 0 Å². The third kappa shape index (κ3) is 2.78. The summed E-state index contributed by atoms with van der Waals surface area (Å²) in [7, 11) is 0. The number of carboxylic acid groups (broad SMARTS) is 1. The highest BCUT2D eigenvalue weighted by Crippen LogP contribution is 2.17. The van der Waals surface area contributed by atoms with Gasteiger partial charge >= 0.3 is 5.97 Å². The molecule has 0 aromatic heterocycles. The van der Waals surface area contributed by atoms with Crippen LogP contribution in [0.3, 0.4) is 0 Å². The zero-order valence-corrected chi connectivity index (χ0v) is 7.88. The molecule has 0 unspecified atom stereocenters. The fraction of sp³-hybridized carbons (Fsp3) is 0.200. The molecule has 0 spiro atoms. The number of nitrogens with two attached hydrogens (primary N) is 1. The highest BCUT2D eigenvalue weighted by Gasteiger charge is 2.12. The van der Waals surface area contributed by atoms with Crippen LogP contribution in [0.2, 0.25) is 0 Å². The second-order valence-corrected chi connectivity index (χ2v) is 3.16. The molecular weight excluding hydrogens is 198 g/mol. The summed E-state index contributed by atoms with van der Waals surface area (Å²) >= 11 is 0. The Morgan fingerprint density at radius 2 is 2.20 bits per heavy atom. The monoisotopic (exact) mass is 209 g/mol. The van der Waals surface area contributed by atoms with Crippen molar-refractivity contribution >= 4 is 12.3 Å². The van der Waals surface area contributed by atoms with Gasteiger partial charge in [-0.2, -0.15) is 0 Å². The van der Waals surface area contributed by atoms with Gasteiger partial charge in [0.2, 0.25) is 0 Å². The highest BCUT2D eigenvalue weighted by molar-refractivity contribution is 5.79. The van der Waals surface area contributed by atoms with Gasteiger partial charge in [-0.15, -0.1) is 0 Å². The average Bonchev–Trinajstić information content (AvgIpc) is 2.20. The van der Waals surface area contributed by atoms with Gasteiger partial charge in [-0.1, -0.05) is 6.07 Å². The van der Waals surface area contributed by atoms with Crippen molar-refractivity contribution in [3.8, 4) is 5.75 Å². The number of hydrogen-bond acceptors (Lipinski definition) is 4. The molecule has 0 saturated carbocycles. The van der Waals surface area contributed by atoms with Gasteiger partial charge in [0.05, 0.1) is 5.56 Å². The summed E-state index contributed by atoms with van der Waals surface area (Å²) in [5, 5.41) is 17.8. The van der Waals surface area contributed by atoms with E-state index in [0.29, 0.717) is 11.8 Å². The summed E-state index contributed by atoms with van der Waals surface area (Å²) in [5.74, 6) is -1.23. The summed E-state index contributed by atoms with van der Waals surface area (Å²) in [5.41, 5.74) is 6.06. The first-order valence-corrected chi connectivity index (χ1v) is 4.30. The van der Waals surface area contributed by atoms with Gasteiger partial charge in [-0.25, -0.2) is 0 Å². The van der Waals surface area contributed by atoms with Crippen LogP contribution in [-0.4, -0.2) is 28.5 Å². The lowest BCUT2D eigenvalue weighted by Crippen LogP contribution is -2.32.